The van der Waals surface area contributed by atoms with E-state index in [1.54, 1.807) is 4.90 Å². The molecule has 0 saturated carbocycles. The molecule has 0 unspecified atom stereocenters. The van der Waals surface area contributed by atoms with Crippen molar-refractivity contribution in [3.05, 3.63) is 29.8 Å². The number of amides is 1. The van der Waals surface area contributed by atoms with Gasteiger partial charge >= 0.3 is 0 Å². The topological polar surface area (TPSA) is 53.0 Å². The molecule has 24 heavy (non-hydrogen) atoms. The summed E-state index contributed by atoms with van der Waals surface area (Å²) in [6.07, 6.45) is 4.32. The van der Waals surface area contributed by atoms with Crippen molar-refractivity contribution in [3.8, 4) is 5.75 Å². The molecule has 2 rings (SSSR count). The molecule has 0 bridgehead atoms. The Kier molecular flexibility index (Phi) is 7.53. The van der Waals surface area contributed by atoms with E-state index in [9.17, 15) is 9.90 Å². The van der Waals surface area contributed by atoms with Crippen LogP contribution in [0.25, 0.3) is 0 Å². The van der Waals surface area contributed by atoms with Crippen molar-refractivity contribution in [3.63, 3.8) is 0 Å². The summed E-state index contributed by atoms with van der Waals surface area (Å²) in [4.78, 5) is 16.9. The first-order chi connectivity index (χ1) is 11.7. The maximum atomic E-state index is 13.0. The molecule has 1 aliphatic heterocycles. The summed E-state index contributed by atoms with van der Waals surface area (Å²) in [5.41, 5.74) is 1.03. The molecule has 0 spiro atoms. The number of likely N-dealkylation sites (tertiary alicyclic amines) is 1. The van der Waals surface area contributed by atoms with Crippen molar-refractivity contribution in [1.29, 1.82) is 0 Å². The Hall–Kier alpha value is -1.59. The third kappa shape index (κ3) is 5.21. The largest absolute Gasteiger partial charge is 0.494 e. The first-order valence-electron chi connectivity index (χ1n) is 8.97. The summed E-state index contributed by atoms with van der Waals surface area (Å²) in [5.74, 6) is 0.938. The van der Waals surface area contributed by atoms with Crippen LogP contribution in [0.1, 0.15) is 38.2 Å². The van der Waals surface area contributed by atoms with E-state index < -0.39 is 0 Å². The monoisotopic (exact) mass is 334 g/mol. The highest BCUT2D eigenvalue weighted by atomic mass is 16.5. The number of likely N-dealkylation sites (N-methyl/N-ethyl adjacent to an activating group) is 1. The van der Waals surface area contributed by atoms with Crippen molar-refractivity contribution < 1.29 is 14.6 Å². The minimum atomic E-state index is -0.0749. The SMILES string of the molecule is CCOc1cccc(CN(CCO)C(=O)[C@H]2CCCCCN2C)c1. The second kappa shape index (κ2) is 9.64. The van der Waals surface area contributed by atoms with E-state index in [0.29, 0.717) is 19.7 Å². The van der Waals surface area contributed by atoms with Gasteiger partial charge in [-0.1, -0.05) is 25.0 Å². The fourth-order valence-corrected chi connectivity index (χ4v) is 3.28. The number of ether oxygens (including phenoxy) is 1. The smallest absolute Gasteiger partial charge is 0.240 e. The Balaban J connectivity index is 2.09. The molecule has 1 saturated heterocycles. The standard InChI is InChI=1S/C19H30N2O3/c1-3-24-17-9-7-8-16(14-17)15-21(12-13-22)19(23)18-10-5-4-6-11-20(18)2/h7-9,14,18,22H,3-6,10-13,15H2,1-2H3/t18-/m1/s1. The minimum absolute atomic E-state index is 0.0205. The molecule has 1 fully saturated rings. The van der Waals surface area contributed by atoms with Gasteiger partial charge in [0.05, 0.1) is 19.3 Å². The molecule has 1 aliphatic rings. The highest BCUT2D eigenvalue weighted by molar-refractivity contribution is 5.82. The van der Waals surface area contributed by atoms with Crippen molar-refractivity contribution in [2.24, 2.45) is 0 Å². The zero-order chi connectivity index (χ0) is 17.4. The molecule has 0 radical (unpaired) electrons. The molecule has 0 aromatic heterocycles. The zero-order valence-corrected chi connectivity index (χ0v) is 14.9. The first-order valence-corrected chi connectivity index (χ1v) is 8.97. The van der Waals surface area contributed by atoms with Crippen LogP contribution in [-0.2, 0) is 11.3 Å². The van der Waals surface area contributed by atoms with E-state index in [1.165, 1.54) is 6.42 Å². The lowest BCUT2D eigenvalue weighted by molar-refractivity contribution is -0.137. The van der Waals surface area contributed by atoms with Crippen LogP contribution in [0.2, 0.25) is 0 Å². The summed E-state index contributed by atoms with van der Waals surface area (Å²) in [6, 6.07) is 7.76. The van der Waals surface area contributed by atoms with Crippen LogP contribution < -0.4 is 4.74 Å². The van der Waals surface area contributed by atoms with E-state index in [0.717, 1.165) is 37.1 Å². The van der Waals surface area contributed by atoms with Gasteiger partial charge in [0.1, 0.15) is 5.75 Å². The Morgan fingerprint density at radius 2 is 2.21 bits per heavy atom. The summed E-state index contributed by atoms with van der Waals surface area (Å²) >= 11 is 0. The second-order valence-electron chi connectivity index (χ2n) is 6.41. The molecule has 5 nitrogen and oxygen atoms in total. The van der Waals surface area contributed by atoms with E-state index in [-0.39, 0.29) is 18.6 Å². The maximum absolute atomic E-state index is 13.0. The van der Waals surface area contributed by atoms with Gasteiger partial charge in [-0.15, -0.1) is 0 Å². The zero-order valence-electron chi connectivity index (χ0n) is 14.9. The normalized spacial score (nSPS) is 18.9. The fourth-order valence-electron chi connectivity index (χ4n) is 3.28. The molecule has 0 aliphatic carbocycles. The van der Waals surface area contributed by atoms with E-state index in [1.807, 2.05) is 38.2 Å². The first kappa shape index (κ1) is 18.7. The van der Waals surface area contributed by atoms with Gasteiger partial charge in [-0.3, -0.25) is 9.69 Å². The molecule has 1 amide bonds. The lowest BCUT2D eigenvalue weighted by atomic mass is 10.1. The van der Waals surface area contributed by atoms with Crippen LogP contribution in [0.4, 0.5) is 0 Å². The van der Waals surface area contributed by atoms with E-state index in [2.05, 4.69) is 4.90 Å². The second-order valence-corrected chi connectivity index (χ2v) is 6.41. The molecule has 5 heteroatoms. The summed E-state index contributed by atoms with van der Waals surface area (Å²) < 4.78 is 5.54. The number of aliphatic hydroxyl groups excluding tert-OH is 1. The summed E-state index contributed by atoms with van der Waals surface area (Å²) in [6.45, 7) is 4.38. The molecule has 1 aromatic rings. The minimum Gasteiger partial charge on any atom is -0.494 e. The number of hydrogen-bond donors (Lipinski definition) is 1. The number of carbonyl (C=O) groups is 1. The average Bonchev–Trinajstić information content (AvgIpc) is 2.79. The quantitative estimate of drug-likeness (QED) is 0.831. The van der Waals surface area contributed by atoms with Gasteiger partial charge in [-0.05, 0) is 51.1 Å². The number of hydrogen-bond acceptors (Lipinski definition) is 4. The third-order valence-electron chi connectivity index (χ3n) is 4.57. The lowest BCUT2D eigenvalue weighted by Crippen LogP contribution is -2.47. The van der Waals surface area contributed by atoms with Crippen molar-refractivity contribution in [2.45, 2.75) is 45.2 Å². The maximum Gasteiger partial charge on any atom is 0.240 e. The lowest BCUT2D eigenvalue weighted by Gasteiger charge is -2.31. The van der Waals surface area contributed by atoms with Gasteiger partial charge in [-0.25, -0.2) is 0 Å². The Morgan fingerprint density at radius 1 is 1.38 bits per heavy atom. The molecular weight excluding hydrogens is 304 g/mol. The molecular formula is C19H30N2O3. The number of carbonyl (C=O) groups excluding carboxylic acids is 1. The van der Waals surface area contributed by atoms with Crippen molar-refractivity contribution >= 4 is 5.91 Å². The van der Waals surface area contributed by atoms with Crippen LogP contribution in [0, 0.1) is 0 Å². The number of rotatable bonds is 7. The average molecular weight is 334 g/mol. The Bertz CT molecular complexity index is 521. The van der Waals surface area contributed by atoms with Crippen LogP contribution in [0.3, 0.4) is 0 Å². The van der Waals surface area contributed by atoms with Crippen LogP contribution >= 0.6 is 0 Å². The molecule has 1 N–H and O–H groups in total. The molecule has 1 atom stereocenters. The van der Waals surface area contributed by atoms with Crippen LogP contribution in [0.15, 0.2) is 24.3 Å². The number of benzene rings is 1. The van der Waals surface area contributed by atoms with Crippen molar-refractivity contribution in [1.82, 2.24) is 9.80 Å². The molecule has 1 heterocycles. The summed E-state index contributed by atoms with van der Waals surface area (Å²) in [5, 5.41) is 9.39. The van der Waals surface area contributed by atoms with Gasteiger partial charge in [0.15, 0.2) is 0 Å². The highest BCUT2D eigenvalue weighted by Gasteiger charge is 2.28. The predicted octanol–water partition coefficient (Wildman–Crippen LogP) is 2.28. The van der Waals surface area contributed by atoms with E-state index in [4.69, 9.17) is 4.74 Å². The number of nitrogens with zero attached hydrogens (tertiary/aromatic N) is 2. The Morgan fingerprint density at radius 3 is 2.96 bits per heavy atom. The fraction of sp³-hybridized carbons (Fsp3) is 0.632. The van der Waals surface area contributed by atoms with Crippen LogP contribution in [-0.4, -0.2) is 60.2 Å². The van der Waals surface area contributed by atoms with Crippen LogP contribution in [0.5, 0.6) is 5.75 Å². The Labute approximate surface area is 145 Å². The third-order valence-corrected chi connectivity index (χ3v) is 4.57. The predicted molar refractivity (Wildman–Crippen MR) is 95.0 cm³/mol. The van der Waals surface area contributed by atoms with Gasteiger partial charge in [0.25, 0.3) is 0 Å². The van der Waals surface area contributed by atoms with Crippen molar-refractivity contribution in [2.75, 3.05) is 33.4 Å². The van der Waals surface area contributed by atoms with E-state index >= 15 is 0 Å². The summed E-state index contributed by atoms with van der Waals surface area (Å²) in [7, 11) is 2.03. The molecule has 1 aromatic carbocycles. The molecule has 134 valence electrons. The number of aliphatic hydroxyl groups is 1. The van der Waals surface area contributed by atoms with Gasteiger partial charge in [-0.2, -0.15) is 0 Å². The van der Waals surface area contributed by atoms with Gasteiger partial charge in [0.2, 0.25) is 5.91 Å². The highest BCUT2D eigenvalue weighted by Crippen LogP contribution is 2.20. The van der Waals surface area contributed by atoms with Gasteiger partial charge < -0.3 is 14.7 Å². The van der Waals surface area contributed by atoms with Gasteiger partial charge in [0, 0.05) is 13.1 Å².